The third-order valence-electron chi connectivity index (χ3n) is 8.61. The van der Waals surface area contributed by atoms with Crippen LogP contribution in [0, 0.1) is 11.8 Å². The Labute approximate surface area is 325 Å². The summed E-state index contributed by atoms with van der Waals surface area (Å²) in [6.45, 7) is 7.50. The fraction of sp³-hybridized carbons (Fsp3) is 0.474. The van der Waals surface area contributed by atoms with Crippen LogP contribution in [0.4, 0.5) is 0 Å². The summed E-state index contributed by atoms with van der Waals surface area (Å²) < 4.78 is 0. The molecule has 0 aliphatic heterocycles. The summed E-state index contributed by atoms with van der Waals surface area (Å²) in [5, 5.41) is 34.0. The summed E-state index contributed by atoms with van der Waals surface area (Å²) in [6, 6.07) is 7.34. The maximum atomic E-state index is 13.8. The van der Waals surface area contributed by atoms with Crippen molar-refractivity contribution in [3.8, 4) is 5.75 Å². The van der Waals surface area contributed by atoms with Crippen molar-refractivity contribution in [2.75, 3.05) is 6.54 Å². The predicted octanol–water partition coefficient (Wildman–Crippen LogP) is -1.27. The molecule has 7 amide bonds. The van der Waals surface area contributed by atoms with Crippen LogP contribution in [0.5, 0.6) is 5.75 Å². The Kier molecular flexibility index (Phi) is 18.4. The molecule has 0 heterocycles. The molecule has 0 aliphatic rings. The number of carbonyl (C=O) groups excluding carboxylic acids is 7. The molecule has 0 aromatic heterocycles. The Morgan fingerprint density at radius 3 is 1.68 bits per heavy atom. The van der Waals surface area contributed by atoms with Gasteiger partial charge in [0.2, 0.25) is 41.4 Å². The number of carboxylic acids is 1. The number of aromatic hydroxyl groups is 1. The number of hydrogen-bond donors (Lipinski definition) is 10. The monoisotopic (exact) mass is 782 g/mol. The predicted molar refractivity (Wildman–Crippen MR) is 204 cm³/mol. The van der Waals surface area contributed by atoms with Crippen LogP contribution in [-0.4, -0.2) is 100 Å². The van der Waals surface area contributed by atoms with Gasteiger partial charge in [0.25, 0.3) is 0 Å². The van der Waals surface area contributed by atoms with Crippen LogP contribution in [0.15, 0.2) is 54.6 Å². The minimum atomic E-state index is -1.49. The first-order chi connectivity index (χ1) is 26.3. The SMILES string of the molecule is CC(C)[C@@H](NC(=O)[C@@H](CCC(=O)O)NC(=O)[C@@H](Cc1ccccc1)NC(=O)[C@H](C)NC(=O)[C@H](N)Cc1ccc(O)cc1)C(=O)N[C@@H](C(=O)NCC(N)=O)C(C)C. The number of aliphatic carboxylic acids is 1. The van der Waals surface area contributed by atoms with Crippen LogP contribution in [0.2, 0.25) is 0 Å². The highest BCUT2D eigenvalue weighted by molar-refractivity contribution is 5.97. The number of amides is 7. The molecule has 0 radical (unpaired) electrons. The van der Waals surface area contributed by atoms with Crippen molar-refractivity contribution in [1.29, 1.82) is 0 Å². The number of carboxylic acid groups (broad SMARTS) is 1. The lowest BCUT2D eigenvalue weighted by Crippen LogP contribution is -2.61. The molecule has 56 heavy (non-hydrogen) atoms. The summed E-state index contributed by atoms with van der Waals surface area (Å²) in [5.41, 5.74) is 12.5. The topological polar surface area (TPSA) is 301 Å². The molecular weight excluding hydrogens is 728 g/mol. The van der Waals surface area contributed by atoms with E-state index in [2.05, 4.69) is 31.9 Å². The van der Waals surface area contributed by atoms with Gasteiger partial charge >= 0.3 is 5.97 Å². The van der Waals surface area contributed by atoms with E-state index in [4.69, 9.17) is 11.5 Å². The normalized spacial score (nSPS) is 14.2. The Morgan fingerprint density at radius 2 is 1.12 bits per heavy atom. The molecule has 2 rings (SSSR count). The van der Waals surface area contributed by atoms with Gasteiger partial charge in [-0.15, -0.1) is 0 Å². The molecule has 306 valence electrons. The number of phenols is 1. The largest absolute Gasteiger partial charge is 0.508 e. The van der Waals surface area contributed by atoms with Crippen molar-refractivity contribution in [3.05, 3.63) is 65.7 Å². The second kappa shape index (κ2) is 22.4. The Morgan fingerprint density at radius 1 is 0.607 bits per heavy atom. The van der Waals surface area contributed by atoms with E-state index in [-0.39, 0.29) is 25.0 Å². The fourth-order valence-electron chi connectivity index (χ4n) is 5.38. The average molecular weight is 783 g/mol. The van der Waals surface area contributed by atoms with E-state index in [1.54, 1.807) is 70.2 Å². The summed E-state index contributed by atoms with van der Waals surface area (Å²) in [5.74, 6) is -7.58. The van der Waals surface area contributed by atoms with Crippen molar-refractivity contribution in [1.82, 2.24) is 31.9 Å². The van der Waals surface area contributed by atoms with Crippen LogP contribution in [0.1, 0.15) is 58.6 Å². The molecule has 0 saturated carbocycles. The third-order valence-corrected chi connectivity index (χ3v) is 8.61. The lowest BCUT2D eigenvalue weighted by Gasteiger charge is -2.29. The minimum absolute atomic E-state index is 0.0464. The Balaban J connectivity index is 2.26. The third kappa shape index (κ3) is 15.7. The van der Waals surface area contributed by atoms with Gasteiger partial charge in [0, 0.05) is 12.8 Å². The number of nitrogens with one attached hydrogen (secondary N) is 6. The van der Waals surface area contributed by atoms with Crippen LogP contribution in [0.3, 0.4) is 0 Å². The van der Waals surface area contributed by atoms with Gasteiger partial charge in [-0.1, -0.05) is 70.2 Å². The van der Waals surface area contributed by atoms with Gasteiger partial charge in [-0.2, -0.15) is 0 Å². The number of benzene rings is 2. The van der Waals surface area contributed by atoms with Gasteiger partial charge < -0.3 is 53.6 Å². The number of nitrogens with two attached hydrogens (primary N) is 2. The molecule has 0 aliphatic carbocycles. The van der Waals surface area contributed by atoms with E-state index >= 15 is 0 Å². The summed E-state index contributed by atoms with van der Waals surface area (Å²) in [4.78, 5) is 103. The molecule has 2 aromatic carbocycles. The van der Waals surface area contributed by atoms with Crippen molar-refractivity contribution in [2.45, 2.75) is 96.6 Å². The number of phenolic OH excluding ortho intramolecular Hbond substituents is 1. The van der Waals surface area contributed by atoms with Crippen molar-refractivity contribution in [2.24, 2.45) is 23.3 Å². The Hall–Kier alpha value is -6.04. The second-order valence-corrected chi connectivity index (χ2v) is 14.1. The number of hydrogen-bond acceptors (Lipinski definition) is 10. The standard InChI is InChI=1S/C38H54N8O10/c1-20(2)31(37(55)41-19-29(40)48)46-38(56)32(21(3)4)45-35(53)27(15-16-30(49)50)43-36(54)28(18-23-9-7-6-8-10-23)44-33(51)22(5)42-34(52)26(39)17-24-11-13-25(47)14-12-24/h6-14,20-22,26-28,31-32,47H,15-19,39H2,1-5H3,(H2,40,48)(H,41,55)(H,42,52)(H,43,54)(H,44,51)(H,45,53)(H,46,56)(H,49,50)/t22-,26+,27+,28+,31+,32+/m0/s1. The first-order valence-electron chi connectivity index (χ1n) is 18.2. The maximum Gasteiger partial charge on any atom is 0.303 e. The molecule has 2 aromatic rings. The van der Waals surface area contributed by atoms with E-state index in [0.717, 1.165) is 0 Å². The molecule has 12 N–H and O–H groups in total. The summed E-state index contributed by atoms with van der Waals surface area (Å²) in [7, 11) is 0. The van der Waals surface area contributed by atoms with Gasteiger partial charge in [0.05, 0.1) is 12.6 Å². The molecule has 6 atom stereocenters. The quantitative estimate of drug-likeness (QED) is 0.0672. The van der Waals surface area contributed by atoms with Gasteiger partial charge in [-0.25, -0.2) is 0 Å². The van der Waals surface area contributed by atoms with E-state index in [1.807, 2.05) is 0 Å². The van der Waals surface area contributed by atoms with Crippen molar-refractivity contribution >= 4 is 47.3 Å². The molecule has 0 spiro atoms. The van der Waals surface area contributed by atoms with Crippen molar-refractivity contribution < 1.29 is 48.6 Å². The summed E-state index contributed by atoms with van der Waals surface area (Å²) in [6.07, 6.45) is -0.877. The van der Waals surface area contributed by atoms with E-state index in [9.17, 15) is 48.6 Å². The number of primary amides is 1. The molecule has 18 nitrogen and oxygen atoms in total. The van der Waals surface area contributed by atoms with Crippen LogP contribution in [-0.2, 0) is 51.2 Å². The highest BCUT2D eigenvalue weighted by atomic mass is 16.4. The number of carbonyl (C=O) groups is 8. The lowest BCUT2D eigenvalue weighted by atomic mass is 9.99. The highest BCUT2D eigenvalue weighted by Gasteiger charge is 2.34. The van der Waals surface area contributed by atoms with Gasteiger partial charge in [0.1, 0.15) is 36.0 Å². The van der Waals surface area contributed by atoms with Gasteiger partial charge in [-0.3, -0.25) is 38.4 Å². The average Bonchev–Trinajstić information content (AvgIpc) is 3.13. The Bertz CT molecular complexity index is 1690. The van der Waals surface area contributed by atoms with E-state index < -0.39 is 108 Å². The van der Waals surface area contributed by atoms with Crippen LogP contribution < -0.4 is 43.4 Å². The smallest absolute Gasteiger partial charge is 0.303 e. The van der Waals surface area contributed by atoms with Crippen molar-refractivity contribution in [3.63, 3.8) is 0 Å². The maximum absolute atomic E-state index is 13.8. The molecule has 0 unspecified atom stereocenters. The van der Waals surface area contributed by atoms with Gasteiger partial charge in [0.15, 0.2) is 0 Å². The molecule has 18 heteroatoms. The molecular formula is C38H54N8O10. The molecule has 0 bridgehead atoms. The van der Waals surface area contributed by atoms with Crippen LogP contribution in [0.25, 0.3) is 0 Å². The lowest BCUT2D eigenvalue weighted by molar-refractivity contribution is -0.139. The van der Waals surface area contributed by atoms with Crippen LogP contribution >= 0.6 is 0 Å². The summed E-state index contributed by atoms with van der Waals surface area (Å²) >= 11 is 0. The minimum Gasteiger partial charge on any atom is -0.508 e. The second-order valence-electron chi connectivity index (χ2n) is 14.1. The highest BCUT2D eigenvalue weighted by Crippen LogP contribution is 2.12. The first kappa shape index (κ1) is 46.1. The van der Waals surface area contributed by atoms with E-state index in [1.165, 1.54) is 19.1 Å². The first-order valence-corrected chi connectivity index (χ1v) is 18.2. The fourth-order valence-corrected chi connectivity index (χ4v) is 5.38. The zero-order chi connectivity index (χ0) is 42.1. The zero-order valence-electron chi connectivity index (χ0n) is 32.2. The zero-order valence-corrected chi connectivity index (χ0v) is 32.2. The molecule has 0 fully saturated rings. The number of rotatable bonds is 22. The van der Waals surface area contributed by atoms with E-state index in [0.29, 0.717) is 11.1 Å². The molecule has 0 saturated heterocycles. The van der Waals surface area contributed by atoms with Gasteiger partial charge in [-0.05, 0) is 54.9 Å².